The number of hydrogen-bond donors (Lipinski definition) is 4. The Morgan fingerprint density at radius 2 is 1.86 bits per heavy atom. The second kappa shape index (κ2) is 4.92. The van der Waals surface area contributed by atoms with Crippen molar-refractivity contribution in [3.05, 3.63) is 48.5 Å². The van der Waals surface area contributed by atoms with E-state index in [1.165, 1.54) is 0 Å². The van der Waals surface area contributed by atoms with E-state index in [1.54, 1.807) is 0 Å². The van der Waals surface area contributed by atoms with Crippen LogP contribution in [0.5, 0.6) is 0 Å². The van der Waals surface area contributed by atoms with E-state index in [4.69, 9.17) is 0 Å². The molecule has 4 N–H and O–H groups in total. The van der Waals surface area contributed by atoms with Gasteiger partial charge in [-0.15, -0.1) is 0 Å². The Hall–Kier alpha value is -2.29. The van der Waals surface area contributed by atoms with Crippen molar-refractivity contribution in [3.63, 3.8) is 0 Å². The summed E-state index contributed by atoms with van der Waals surface area (Å²) < 4.78 is 11.6. The SMILES string of the molecule is CP(=O)(O)C(O)c1cc([N+](=O)[O-])cc2[nH]c(=O)c(=O)[nH]c12. The van der Waals surface area contributed by atoms with Crippen LogP contribution < -0.4 is 11.1 Å². The van der Waals surface area contributed by atoms with E-state index in [2.05, 4.69) is 9.97 Å². The number of nitrogens with zero attached hydrogens (tertiary/aromatic N) is 1. The lowest BCUT2D eigenvalue weighted by Gasteiger charge is -2.15. The molecule has 0 radical (unpaired) electrons. The molecule has 0 saturated heterocycles. The van der Waals surface area contributed by atoms with Crippen molar-refractivity contribution in [2.75, 3.05) is 6.66 Å². The van der Waals surface area contributed by atoms with E-state index < -0.39 is 34.9 Å². The van der Waals surface area contributed by atoms with E-state index >= 15 is 0 Å². The third-order valence-corrected chi connectivity index (χ3v) is 3.98. The van der Waals surface area contributed by atoms with Crippen LogP contribution in [-0.2, 0) is 4.57 Å². The van der Waals surface area contributed by atoms with Crippen molar-refractivity contribution in [1.29, 1.82) is 0 Å². The predicted molar refractivity (Wildman–Crippen MR) is 72.6 cm³/mol. The molecule has 0 aliphatic rings. The molecule has 2 atom stereocenters. The first kappa shape index (κ1) is 15.1. The van der Waals surface area contributed by atoms with E-state index in [1.807, 2.05) is 0 Å². The molecule has 0 amide bonds. The molecule has 0 saturated carbocycles. The Labute approximate surface area is 115 Å². The zero-order chi connectivity index (χ0) is 15.9. The van der Waals surface area contributed by atoms with E-state index in [0.717, 1.165) is 18.8 Å². The molecule has 2 aromatic rings. The van der Waals surface area contributed by atoms with Gasteiger partial charge in [0.25, 0.3) is 5.69 Å². The summed E-state index contributed by atoms with van der Waals surface area (Å²) in [5.74, 6) is -1.94. The van der Waals surface area contributed by atoms with Crippen molar-refractivity contribution in [2.45, 2.75) is 5.85 Å². The number of aliphatic hydroxyl groups is 1. The minimum atomic E-state index is -4.04. The molecule has 1 heterocycles. The molecule has 0 aliphatic carbocycles. The van der Waals surface area contributed by atoms with Gasteiger partial charge in [-0.25, -0.2) is 0 Å². The van der Waals surface area contributed by atoms with Crippen LogP contribution in [0, 0.1) is 10.1 Å². The van der Waals surface area contributed by atoms with Crippen molar-refractivity contribution >= 4 is 24.1 Å². The highest BCUT2D eigenvalue weighted by Crippen LogP contribution is 2.51. The van der Waals surface area contributed by atoms with Gasteiger partial charge in [0, 0.05) is 24.4 Å². The van der Waals surface area contributed by atoms with Crippen molar-refractivity contribution < 1.29 is 19.5 Å². The molecule has 11 heteroatoms. The minimum Gasteiger partial charge on any atom is -0.378 e. The van der Waals surface area contributed by atoms with Crippen LogP contribution in [0.2, 0.25) is 0 Å². The Kier molecular flexibility index (Phi) is 3.54. The van der Waals surface area contributed by atoms with Gasteiger partial charge in [-0.1, -0.05) is 0 Å². The molecular weight excluding hydrogens is 305 g/mol. The fourth-order valence-electron chi connectivity index (χ4n) is 1.80. The minimum absolute atomic E-state index is 0.128. The standard InChI is InChI=1S/C10H10N3O7P/c1-21(19,20)10(16)5-2-4(13(17)18)3-6-7(5)12-9(15)8(14)11-6/h2-3,10,16H,1H3,(H,11,14)(H,12,15)(H,19,20). The molecule has 10 nitrogen and oxygen atoms in total. The number of rotatable bonds is 3. The number of aliphatic hydroxyl groups excluding tert-OH is 1. The second-order valence-electron chi connectivity index (χ2n) is 4.44. The zero-order valence-electron chi connectivity index (χ0n) is 10.6. The maximum Gasteiger partial charge on any atom is 0.314 e. The number of aromatic nitrogens is 2. The number of nitro groups is 1. The molecule has 2 unspecified atom stereocenters. The monoisotopic (exact) mass is 315 g/mol. The van der Waals surface area contributed by atoms with Gasteiger partial charge >= 0.3 is 11.1 Å². The third kappa shape index (κ3) is 2.77. The maximum atomic E-state index is 11.6. The van der Waals surface area contributed by atoms with Crippen LogP contribution in [0.1, 0.15) is 11.4 Å². The van der Waals surface area contributed by atoms with Gasteiger partial charge in [0.05, 0.1) is 16.0 Å². The van der Waals surface area contributed by atoms with Crippen LogP contribution >= 0.6 is 7.37 Å². The fourth-order valence-corrected chi connectivity index (χ4v) is 2.52. The van der Waals surface area contributed by atoms with Gasteiger partial charge in [-0.3, -0.25) is 24.3 Å². The summed E-state index contributed by atoms with van der Waals surface area (Å²) in [6.07, 6.45) is 0. The lowest BCUT2D eigenvalue weighted by Crippen LogP contribution is -2.29. The molecule has 0 aliphatic heterocycles. The first-order valence-corrected chi connectivity index (χ1v) is 7.71. The highest BCUT2D eigenvalue weighted by Gasteiger charge is 2.29. The van der Waals surface area contributed by atoms with Gasteiger partial charge in [0.1, 0.15) is 0 Å². The summed E-state index contributed by atoms with van der Waals surface area (Å²) in [5.41, 5.74) is -3.18. The predicted octanol–water partition coefficient (Wildman–Crippen LogP) is 0.0157. The molecule has 0 bridgehead atoms. The molecule has 2 rings (SSSR count). The molecule has 0 spiro atoms. The number of aromatic amines is 2. The van der Waals surface area contributed by atoms with Crippen molar-refractivity contribution in [3.8, 4) is 0 Å². The molecule has 21 heavy (non-hydrogen) atoms. The number of nitro benzene ring substituents is 1. The Morgan fingerprint density at radius 1 is 1.29 bits per heavy atom. The zero-order valence-corrected chi connectivity index (χ0v) is 11.5. The van der Waals surface area contributed by atoms with Gasteiger partial charge in [0.15, 0.2) is 5.85 Å². The highest BCUT2D eigenvalue weighted by molar-refractivity contribution is 7.57. The van der Waals surface area contributed by atoms with Crippen molar-refractivity contribution in [2.24, 2.45) is 0 Å². The van der Waals surface area contributed by atoms with Crippen LogP contribution in [0.25, 0.3) is 11.0 Å². The number of fused-ring (bicyclic) bond motifs is 1. The lowest BCUT2D eigenvalue weighted by atomic mass is 10.1. The average Bonchev–Trinajstić information content (AvgIpc) is 2.37. The van der Waals surface area contributed by atoms with Crippen LogP contribution in [-0.4, -0.2) is 31.6 Å². The summed E-state index contributed by atoms with van der Waals surface area (Å²) in [7, 11) is -4.04. The van der Waals surface area contributed by atoms with Crippen molar-refractivity contribution in [1.82, 2.24) is 9.97 Å². The molecule has 1 aromatic carbocycles. The number of non-ortho nitro benzene ring substituents is 1. The lowest BCUT2D eigenvalue weighted by molar-refractivity contribution is -0.384. The first-order chi connectivity index (χ1) is 9.61. The van der Waals surface area contributed by atoms with Gasteiger partial charge in [-0.05, 0) is 0 Å². The quantitative estimate of drug-likeness (QED) is 0.268. The maximum absolute atomic E-state index is 11.6. The van der Waals surface area contributed by atoms with Gasteiger partial charge < -0.3 is 20.0 Å². The number of hydrogen-bond acceptors (Lipinski definition) is 6. The van der Waals surface area contributed by atoms with Crippen LogP contribution in [0.4, 0.5) is 5.69 Å². The first-order valence-electron chi connectivity index (χ1n) is 5.54. The summed E-state index contributed by atoms with van der Waals surface area (Å²) in [4.78, 5) is 46.3. The summed E-state index contributed by atoms with van der Waals surface area (Å²) >= 11 is 0. The smallest absolute Gasteiger partial charge is 0.314 e. The molecule has 0 fully saturated rings. The van der Waals surface area contributed by atoms with E-state index in [-0.39, 0.29) is 16.6 Å². The number of nitrogens with one attached hydrogen (secondary N) is 2. The summed E-state index contributed by atoms with van der Waals surface area (Å²) in [6.45, 7) is 0.867. The van der Waals surface area contributed by atoms with Gasteiger partial charge in [0.2, 0.25) is 7.37 Å². The Bertz CT molecular complexity index is 894. The summed E-state index contributed by atoms with van der Waals surface area (Å²) in [6, 6.07) is 1.84. The van der Waals surface area contributed by atoms with Gasteiger partial charge in [-0.2, -0.15) is 0 Å². The Morgan fingerprint density at radius 3 is 2.38 bits per heavy atom. The normalized spacial score (nSPS) is 15.6. The van der Waals surface area contributed by atoms with E-state index in [0.29, 0.717) is 0 Å². The average molecular weight is 315 g/mol. The van der Waals surface area contributed by atoms with E-state index in [9.17, 15) is 34.3 Å². The third-order valence-electron chi connectivity index (χ3n) is 2.79. The number of benzene rings is 1. The fraction of sp³-hybridized carbons (Fsp3) is 0.200. The summed E-state index contributed by atoms with van der Waals surface area (Å²) in [5, 5.41) is 20.7. The topological polar surface area (TPSA) is 166 Å². The second-order valence-corrected chi connectivity index (χ2v) is 6.82. The molecule has 112 valence electrons. The highest BCUT2D eigenvalue weighted by atomic mass is 31.2. The molecular formula is C10H10N3O7P. The molecule has 1 aromatic heterocycles. The number of H-pyrrole nitrogens is 2. The largest absolute Gasteiger partial charge is 0.378 e. The van der Waals surface area contributed by atoms with Crippen LogP contribution in [0.15, 0.2) is 21.7 Å². The van der Waals surface area contributed by atoms with Crippen LogP contribution in [0.3, 0.4) is 0 Å². The Balaban J connectivity index is 2.93.